The molecule has 1 heterocycles. The highest BCUT2D eigenvalue weighted by molar-refractivity contribution is 6.44. The van der Waals surface area contributed by atoms with E-state index in [0.29, 0.717) is 15.7 Å². The summed E-state index contributed by atoms with van der Waals surface area (Å²) in [6, 6.07) is 1.88. The topological polar surface area (TPSA) is 29.3 Å². The second-order valence-electron chi connectivity index (χ2n) is 3.95. The van der Waals surface area contributed by atoms with Crippen LogP contribution in [-0.4, -0.2) is 13.1 Å². The van der Waals surface area contributed by atoms with Crippen LogP contribution in [0.15, 0.2) is 6.07 Å². The predicted molar refractivity (Wildman–Crippen MR) is 67.1 cm³/mol. The van der Waals surface area contributed by atoms with E-state index >= 15 is 0 Å². The van der Waals surface area contributed by atoms with E-state index in [1.807, 2.05) is 13.0 Å². The number of benzene rings is 1. The van der Waals surface area contributed by atoms with Crippen LogP contribution in [0.4, 0.5) is 11.4 Å². The van der Waals surface area contributed by atoms with Crippen molar-refractivity contribution in [1.82, 2.24) is 0 Å². The predicted octanol–water partition coefficient (Wildman–Crippen LogP) is 3.48. The molecule has 0 amide bonds. The van der Waals surface area contributed by atoms with Gasteiger partial charge in [0.2, 0.25) is 0 Å². The van der Waals surface area contributed by atoms with Crippen LogP contribution in [0.3, 0.4) is 0 Å². The average Bonchev–Trinajstić information content (AvgIpc) is 2.68. The maximum Gasteiger partial charge on any atom is 0.0843 e. The zero-order chi connectivity index (χ0) is 11.0. The molecule has 1 saturated heterocycles. The lowest BCUT2D eigenvalue weighted by molar-refractivity contribution is 0.949. The highest BCUT2D eigenvalue weighted by Gasteiger charge is 2.19. The fourth-order valence-corrected chi connectivity index (χ4v) is 2.54. The summed E-state index contributed by atoms with van der Waals surface area (Å²) in [7, 11) is 0. The van der Waals surface area contributed by atoms with Gasteiger partial charge in [-0.2, -0.15) is 0 Å². The molecule has 0 bridgehead atoms. The SMILES string of the molecule is Cc1cc(Cl)c(Cl)c(N)c1N1CCCC1. The number of nitrogens with zero attached hydrogens (tertiary/aromatic N) is 1. The third kappa shape index (κ3) is 1.88. The van der Waals surface area contributed by atoms with Crippen molar-refractivity contribution in [2.24, 2.45) is 0 Å². The molecule has 1 aromatic carbocycles. The number of anilines is 2. The van der Waals surface area contributed by atoms with Crippen LogP contribution in [0.2, 0.25) is 10.0 Å². The van der Waals surface area contributed by atoms with Gasteiger partial charge in [0.15, 0.2) is 0 Å². The molecule has 4 heteroatoms. The Hall–Kier alpha value is -0.600. The lowest BCUT2D eigenvalue weighted by Gasteiger charge is -2.23. The molecule has 0 aliphatic carbocycles. The molecule has 1 aliphatic rings. The fourth-order valence-electron chi connectivity index (χ4n) is 2.13. The fraction of sp³-hybridized carbons (Fsp3) is 0.455. The number of nitrogens with two attached hydrogens (primary N) is 1. The molecule has 0 radical (unpaired) electrons. The number of halogens is 2. The summed E-state index contributed by atoms with van der Waals surface area (Å²) in [5.41, 5.74) is 8.78. The molecule has 1 aromatic rings. The third-order valence-corrected chi connectivity index (χ3v) is 3.64. The van der Waals surface area contributed by atoms with Crippen LogP contribution in [-0.2, 0) is 0 Å². The Bertz CT molecular complexity index is 385. The van der Waals surface area contributed by atoms with Crippen molar-refractivity contribution in [2.75, 3.05) is 23.7 Å². The minimum Gasteiger partial charge on any atom is -0.396 e. The molecule has 82 valence electrons. The molecular weight excluding hydrogens is 231 g/mol. The van der Waals surface area contributed by atoms with Gasteiger partial charge in [-0.15, -0.1) is 0 Å². The first-order valence-corrected chi connectivity index (χ1v) is 5.86. The lowest BCUT2D eigenvalue weighted by atomic mass is 10.1. The molecular formula is C11H14Cl2N2. The van der Waals surface area contributed by atoms with Gasteiger partial charge in [-0.3, -0.25) is 0 Å². The molecule has 0 atom stereocenters. The Morgan fingerprint density at radius 2 is 1.87 bits per heavy atom. The number of hydrogen-bond donors (Lipinski definition) is 1. The Kier molecular flexibility index (Phi) is 2.98. The van der Waals surface area contributed by atoms with Crippen LogP contribution in [0, 0.1) is 6.92 Å². The van der Waals surface area contributed by atoms with E-state index < -0.39 is 0 Å². The number of rotatable bonds is 1. The molecule has 0 aromatic heterocycles. The van der Waals surface area contributed by atoms with Gasteiger partial charge in [0, 0.05) is 13.1 Å². The van der Waals surface area contributed by atoms with Crippen LogP contribution in [0.5, 0.6) is 0 Å². The standard InChI is InChI=1S/C11H14Cl2N2/c1-7-6-8(12)9(13)10(14)11(7)15-4-2-3-5-15/h6H,2-5,14H2,1H3. The number of aryl methyl sites for hydroxylation is 1. The van der Waals surface area contributed by atoms with Crippen LogP contribution in [0.1, 0.15) is 18.4 Å². The van der Waals surface area contributed by atoms with Crippen LogP contribution >= 0.6 is 23.2 Å². The molecule has 0 spiro atoms. The van der Waals surface area contributed by atoms with Crippen molar-refractivity contribution in [1.29, 1.82) is 0 Å². The number of nitrogen functional groups attached to an aromatic ring is 1. The lowest BCUT2D eigenvalue weighted by Crippen LogP contribution is -2.20. The van der Waals surface area contributed by atoms with Crippen molar-refractivity contribution in [3.63, 3.8) is 0 Å². The largest absolute Gasteiger partial charge is 0.396 e. The smallest absolute Gasteiger partial charge is 0.0843 e. The van der Waals surface area contributed by atoms with E-state index in [4.69, 9.17) is 28.9 Å². The number of hydrogen-bond acceptors (Lipinski definition) is 2. The zero-order valence-electron chi connectivity index (χ0n) is 8.69. The second kappa shape index (κ2) is 4.11. The van der Waals surface area contributed by atoms with E-state index in [9.17, 15) is 0 Å². The summed E-state index contributed by atoms with van der Waals surface area (Å²) >= 11 is 12.0. The normalized spacial score (nSPS) is 16.1. The monoisotopic (exact) mass is 244 g/mol. The van der Waals surface area contributed by atoms with Gasteiger partial charge in [0.25, 0.3) is 0 Å². The first kappa shape index (κ1) is 10.9. The van der Waals surface area contributed by atoms with Gasteiger partial charge in [-0.1, -0.05) is 23.2 Å². The molecule has 2 N–H and O–H groups in total. The Labute approximate surface area is 100.0 Å². The summed E-state index contributed by atoms with van der Waals surface area (Å²) in [5.74, 6) is 0. The Balaban J connectivity index is 2.50. The van der Waals surface area contributed by atoms with Crippen LogP contribution < -0.4 is 10.6 Å². The van der Waals surface area contributed by atoms with Gasteiger partial charge in [0.05, 0.1) is 21.4 Å². The van der Waals surface area contributed by atoms with Gasteiger partial charge in [0.1, 0.15) is 0 Å². The summed E-state index contributed by atoms with van der Waals surface area (Å²) < 4.78 is 0. The van der Waals surface area contributed by atoms with Crippen molar-refractivity contribution in [3.05, 3.63) is 21.7 Å². The minimum absolute atomic E-state index is 0.476. The van der Waals surface area contributed by atoms with Crippen molar-refractivity contribution >= 4 is 34.6 Å². The van der Waals surface area contributed by atoms with Crippen molar-refractivity contribution < 1.29 is 0 Å². The molecule has 2 rings (SSSR count). The van der Waals surface area contributed by atoms with Crippen molar-refractivity contribution in [2.45, 2.75) is 19.8 Å². The molecule has 0 unspecified atom stereocenters. The summed E-state index contributed by atoms with van der Waals surface area (Å²) in [6.07, 6.45) is 2.44. The zero-order valence-corrected chi connectivity index (χ0v) is 10.2. The molecule has 1 aliphatic heterocycles. The quantitative estimate of drug-likeness (QED) is 0.767. The third-order valence-electron chi connectivity index (χ3n) is 2.84. The molecule has 15 heavy (non-hydrogen) atoms. The first-order chi connectivity index (χ1) is 7.11. The molecule has 1 fully saturated rings. The average molecular weight is 245 g/mol. The summed E-state index contributed by atoms with van der Waals surface area (Å²) in [5, 5.41) is 1.01. The summed E-state index contributed by atoms with van der Waals surface area (Å²) in [6.45, 7) is 4.14. The van der Waals surface area contributed by atoms with Crippen LogP contribution in [0.25, 0.3) is 0 Å². The van der Waals surface area contributed by atoms with E-state index in [-0.39, 0.29) is 0 Å². The van der Waals surface area contributed by atoms with E-state index in [0.717, 1.165) is 24.3 Å². The minimum atomic E-state index is 0.476. The Morgan fingerprint density at radius 1 is 1.27 bits per heavy atom. The molecule has 0 saturated carbocycles. The molecule has 2 nitrogen and oxygen atoms in total. The highest BCUT2D eigenvalue weighted by Crippen LogP contribution is 2.39. The maximum atomic E-state index is 6.05. The van der Waals surface area contributed by atoms with E-state index in [1.54, 1.807) is 0 Å². The van der Waals surface area contributed by atoms with E-state index in [1.165, 1.54) is 12.8 Å². The summed E-state index contributed by atoms with van der Waals surface area (Å²) in [4.78, 5) is 2.28. The maximum absolute atomic E-state index is 6.05. The van der Waals surface area contributed by atoms with Gasteiger partial charge in [-0.05, 0) is 31.4 Å². The van der Waals surface area contributed by atoms with E-state index in [2.05, 4.69) is 4.90 Å². The van der Waals surface area contributed by atoms with Gasteiger partial charge < -0.3 is 10.6 Å². The highest BCUT2D eigenvalue weighted by atomic mass is 35.5. The van der Waals surface area contributed by atoms with Gasteiger partial charge in [-0.25, -0.2) is 0 Å². The van der Waals surface area contributed by atoms with Gasteiger partial charge >= 0.3 is 0 Å². The Morgan fingerprint density at radius 3 is 2.47 bits per heavy atom. The first-order valence-electron chi connectivity index (χ1n) is 5.10. The van der Waals surface area contributed by atoms with Crippen molar-refractivity contribution in [3.8, 4) is 0 Å². The second-order valence-corrected chi connectivity index (χ2v) is 4.73.